The fourth-order valence-electron chi connectivity index (χ4n) is 3.18. The van der Waals surface area contributed by atoms with Crippen LogP contribution < -0.4 is 9.46 Å². The van der Waals surface area contributed by atoms with Gasteiger partial charge in [-0.05, 0) is 36.4 Å². The minimum Gasteiger partial charge on any atom is -0.481 e. The Hall–Kier alpha value is -3.98. The Morgan fingerprint density at radius 2 is 1.79 bits per heavy atom. The summed E-state index contributed by atoms with van der Waals surface area (Å²) in [5, 5.41) is 0.484. The van der Waals surface area contributed by atoms with Crippen LogP contribution in [0.4, 0.5) is 10.1 Å². The van der Waals surface area contributed by atoms with E-state index in [0.29, 0.717) is 22.3 Å². The second-order valence-corrected chi connectivity index (χ2v) is 8.71. The van der Waals surface area contributed by atoms with Gasteiger partial charge in [0.1, 0.15) is 11.6 Å². The number of benzene rings is 3. The van der Waals surface area contributed by atoms with Gasteiger partial charge in [0, 0.05) is 22.7 Å². The van der Waals surface area contributed by atoms with E-state index in [-0.39, 0.29) is 17.2 Å². The summed E-state index contributed by atoms with van der Waals surface area (Å²) >= 11 is 0. The van der Waals surface area contributed by atoms with Crippen LogP contribution in [0.15, 0.2) is 83.8 Å². The molecule has 0 aliphatic heterocycles. The van der Waals surface area contributed by atoms with E-state index < -0.39 is 21.8 Å². The summed E-state index contributed by atoms with van der Waals surface area (Å²) in [7, 11) is -2.77. The van der Waals surface area contributed by atoms with E-state index in [1.807, 2.05) is 30.3 Å². The summed E-state index contributed by atoms with van der Waals surface area (Å²) in [6.45, 7) is -0.330. The van der Waals surface area contributed by atoms with Crippen LogP contribution in [0, 0.1) is 5.82 Å². The smallest absolute Gasteiger partial charge is 0.343 e. The van der Waals surface area contributed by atoms with Crippen LogP contribution in [-0.2, 0) is 19.6 Å². The van der Waals surface area contributed by atoms with Gasteiger partial charge in [0.2, 0.25) is 0 Å². The fraction of sp³-hybridized carbons (Fsp3) is 0.0833. The maximum atomic E-state index is 13.5. The minimum absolute atomic E-state index is 0.206. The van der Waals surface area contributed by atoms with Gasteiger partial charge in [0.15, 0.2) is 6.61 Å². The molecule has 9 heteroatoms. The molecule has 0 atom stereocenters. The highest BCUT2D eigenvalue weighted by Gasteiger charge is 2.17. The van der Waals surface area contributed by atoms with Crippen LogP contribution in [0.3, 0.4) is 0 Å². The average Bonchev–Trinajstić information content (AvgIpc) is 2.82. The standard InChI is InChI=1S/C24H19FN2O5S/c1-31-24(28)15-32-23-14-22(16-6-3-2-4-7-16)26-21-11-10-18(13-20(21)23)27-33(29,30)19-9-5-8-17(25)12-19/h2-14,27H,15H2,1H3. The first-order valence-electron chi connectivity index (χ1n) is 9.84. The third-order valence-electron chi connectivity index (χ3n) is 4.77. The molecule has 0 spiro atoms. The Balaban J connectivity index is 1.75. The highest BCUT2D eigenvalue weighted by Crippen LogP contribution is 2.32. The number of rotatable bonds is 7. The first-order valence-corrected chi connectivity index (χ1v) is 11.3. The van der Waals surface area contributed by atoms with Crippen LogP contribution in [0.5, 0.6) is 5.75 Å². The average molecular weight is 466 g/mol. The zero-order chi connectivity index (χ0) is 23.4. The molecule has 7 nitrogen and oxygen atoms in total. The van der Waals surface area contributed by atoms with Crippen molar-refractivity contribution in [2.24, 2.45) is 0 Å². The quantitative estimate of drug-likeness (QED) is 0.406. The van der Waals surface area contributed by atoms with E-state index in [2.05, 4.69) is 14.4 Å². The minimum atomic E-state index is -4.02. The Morgan fingerprint density at radius 1 is 1.00 bits per heavy atom. The molecule has 0 saturated heterocycles. The molecule has 0 unspecified atom stereocenters. The van der Waals surface area contributed by atoms with Crippen molar-refractivity contribution in [1.82, 2.24) is 4.98 Å². The molecule has 0 aliphatic rings. The molecule has 33 heavy (non-hydrogen) atoms. The number of ether oxygens (including phenoxy) is 2. The lowest BCUT2D eigenvalue weighted by molar-refractivity contribution is -0.142. The maximum absolute atomic E-state index is 13.5. The van der Waals surface area contributed by atoms with Gasteiger partial charge in [-0.3, -0.25) is 4.72 Å². The normalized spacial score (nSPS) is 11.2. The lowest BCUT2D eigenvalue weighted by Gasteiger charge is -2.13. The third kappa shape index (κ3) is 5.09. The zero-order valence-electron chi connectivity index (χ0n) is 17.5. The van der Waals surface area contributed by atoms with Crippen molar-refractivity contribution in [3.05, 3.63) is 84.7 Å². The molecule has 0 saturated carbocycles. The van der Waals surface area contributed by atoms with Gasteiger partial charge in [0.05, 0.1) is 23.2 Å². The highest BCUT2D eigenvalue weighted by molar-refractivity contribution is 7.92. The van der Waals surface area contributed by atoms with E-state index >= 15 is 0 Å². The van der Waals surface area contributed by atoms with Crippen LogP contribution >= 0.6 is 0 Å². The van der Waals surface area contributed by atoms with Crippen molar-refractivity contribution in [2.75, 3.05) is 18.4 Å². The molecule has 1 heterocycles. The molecule has 3 aromatic carbocycles. The summed E-state index contributed by atoms with van der Waals surface area (Å²) in [6.07, 6.45) is 0. The number of nitrogens with zero attached hydrogens (tertiary/aromatic N) is 1. The number of carbonyl (C=O) groups excluding carboxylic acids is 1. The van der Waals surface area contributed by atoms with Crippen molar-refractivity contribution in [1.29, 1.82) is 0 Å². The Labute approximate surface area is 189 Å². The highest BCUT2D eigenvalue weighted by atomic mass is 32.2. The Kier molecular flexibility index (Phi) is 6.23. The first kappa shape index (κ1) is 22.2. The Bertz CT molecular complexity index is 1430. The number of halogens is 1. The molecule has 0 bridgehead atoms. The molecular formula is C24H19FN2O5S. The molecule has 0 aliphatic carbocycles. The maximum Gasteiger partial charge on any atom is 0.343 e. The van der Waals surface area contributed by atoms with E-state index in [1.165, 1.54) is 19.2 Å². The van der Waals surface area contributed by atoms with Crippen LogP contribution in [0.2, 0.25) is 0 Å². The predicted molar refractivity (Wildman–Crippen MR) is 122 cm³/mol. The van der Waals surface area contributed by atoms with Gasteiger partial charge in [-0.15, -0.1) is 0 Å². The molecule has 0 fully saturated rings. The van der Waals surface area contributed by atoms with Crippen LogP contribution in [0.25, 0.3) is 22.2 Å². The molecule has 4 rings (SSSR count). The Morgan fingerprint density at radius 3 is 2.52 bits per heavy atom. The molecule has 0 amide bonds. The topological polar surface area (TPSA) is 94.6 Å². The molecular weight excluding hydrogens is 447 g/mol. The summed E-state index contributed by atoms with van der Waals surface area (Å²) in [4.78, 5) is 16.1. The number of nitrogens with one attached hydrogen (secondary N) is 1. The number of hydrogen-bond donors (Lipinski definition) is 1. The number of hydrogen-bond acceptors (Lipinski definition) is 6. The predicted octanol–water partition coefficient (Wildman–Crippen LogP) is 4.39. The van der Waals surface area contributed by atoms with Gasteiger partial charge in [0.25, 0.3) is 10.0 Å². The van der Waals surface area contributed by atoms with E-state index in [4.69, 9.17) is 4.74 Å². The number of sulfonamides is 1. The van der Waals surface area contributed by atoms with Crippen molar-refractivity contribution in [3.63, 3.8) is 0 Å². The van der Waals surface area contributed by atoms with Gasteiger partial charge in [-0.1, -0.05) is 36.4 Å². The van der Waals surface area contributed by atoms with Crippen molar-refractivity contribution in [3.8, 4) is 17.0 Å². The van der Waals surface area contributed by atoms with Crippen LogP contribution in [0.1, 0.15) is 0 Å². The number of fused-ring (bicyclic) bond motifs is 1. The third-order valence-corrected chi connectivity index (χ3v) is 6.15. The number of esters is 1. The largest absolute Gasteiger partial charge is 0.481 e. The molecule has 1 N–H and O–H groups in total. The van der Waals surface area contributed by atoms with Crippen molar-refractivity contribution < 1.29 is 27.1 Å². The van der Waals surface area contributed by atoms with E-state index in [1.54, 1.807) is 24.3 Å². The SMILES string of the molecule is COC(=O)COc1cc(-c2ccccc2)nc2ccc(NS(=O)(=O)c3cccc(F)c3)cc12. The summed E-state index contributed by atoms with van der Waals surface area (Å²) in [5.74, 6) is -0.896. The van der Waals surface area contributed by atoms with Gasteiger partial charge >= 0.3 is 5.97 Å². The molecule has 168 valence electrons. The van der Waals surface area contributed by atoms with Crippen molar-refractivity contribution >= 4 is 32.6 Å². The zero-order valence-corrected chi connectivity index (χ0v) is 18.3. The monoisotopic (exact) mass is 466 g/mol. The van der Waals surface area contributed by atoms with Gasteiger partial charge in [-0.25, -0.2) is 22.6 Å². The fourth-order valence-corrected chi connectivity index (χ4v) is 4.26. The lowest BCUT2D eigenvalue weighted by atomic mass is 10.1. The molecule has 4 aromatic rings. The number of pyridine rings is 1. The number of anilines is 1. The molecule has 0 radical (unpaired) electrons. The second-order valence-electron chi connectivity index (χ2n) is 7.03. The summed E-state index contributed by atoms with van der Waals surface area (Å²) in [5.41, 5.74) is 2.23. The van der Waals surface area contributed by atoms with Crippen LogP contribution in [-0.4, -0.2) is 33.1 Å². The van der Waals surface area contributed by atoms with Gasteiger partial charge in [-0.2, -0.15) is 0 Å². The summed E-state index contributed by atoms with van der Waals surface area (Å²) < 4.78 is 51.6. The number of aromatic nitrogens is 1. The second kappa shape index (κ2) is 9.25. The molecule has 1 aromatic heterocycles. The number of carbonyl (C=O) groups is 1. The summed E-state index contributed by atoms with van der Waals surface area (Å²) in [6, 6.07) is 20.5. The van der Waals surface area contributed by atoms with E-state index in [9.17, 15) is 17.6 Å². The van der Waals surface area contributed by atoms with Gasteiger partial charge < -0.3 is 9.47 Å². The first-order chi connectivity index (χ1) is 15.9. The number of methoxy groups -OCH3 is 1. The van der Waals surface area contributed by atoms with E-state index in [0.717, 1.165) is 17.7 Å². The lowest BCUT2D eigenvalue weighted by Crippen LogP contribution is -2.14. The van der Waals surface area contributed by atoms with Crippen molar-refractivity contribution in [2.45, 2.75) is 4.90 Å².